The summed E-state index contributed by atoms with van der Waals surface area (Å²) in [5, 5.41) is 23.2. The predicted molar refractivity (Wildman–Crippen MR) is 310 cm³/mol. The molecule has 0 saturated heterocycles. The van der Waals surface area contributed by atoms with Gasteiger partial charge in [0.05, 0.1) is 25.4 Å². The Labute approximate surface area is 444 Å². The molecule has 0 aromatic carbocycles. The highest BCUT2D eigenvalue weighted by molar-refractivity contribution is 5.76. The van der Waals surface area contributed by atoms with Crippen molar-refractivity contribution in [1.29, 1.82) is 0 Å². The van der Waals surface area contributed by atoms with Gasteiger partial charge in [0.2, 0.25) is 5.91 Å². The van der Waals surface area contributed by atoms with Crippen LogP contribution in [0.2, 0.25) is 0 Å². The average Bonchev–Trinajstić information content (AvgIpc) is 3.37. The van der Waals surface area contributed by atoms with Gasteiger partial charge in [0.15, 0.2) is 0 Å². The number of unbranched alkanes of at least 4 members (excludes halogenated alkanes) is 50. The normalized spacial score (nSPS) is 12.6. The summed E-state index contributed by atoms with van der Waals surface area (Å²) in [7, 11) is 0. The smallest absolute Gasteiger partial charge is 0.305 e. The third-order valence-corrected chi connectivity index (χ3v) is 15.3. The molecule has 2 unspecified atom stereocenters. The van der Waals surface area contributed by atoms with Crippen molar-refractivity contribution in [3.63, 3.8) is 0 Å². The molecular weight excluding hydrogens is 875 g/mol. The molecule has 1 amide bonds. The second kappa shape index (κ2) is 61.1. The van der Waals surface area contributed by atoms with Crippen LogP contribution in [-0.4, -0.2) is 47.4 Å². The number of hydrogen-bond acceptors (Lipinski definition) is 5. The van der Waals surface area contributed by atoms with Gasteiger partial charge in [-0.2, -0.15) is 0 Å². The van der Waals surface area contributed by atoms with Gasteiger partial charge in [-0.1, -0.05) is 334 Å². The van der Waals surface area contributed by atoms with Crippen LogP contribution < -0.4 is 5.32 Å². The molecule has 71 heavy (non-hydrogen) atoms. The first-order valence-corrected chi connectivity index (χ1v) is 32.5. The van der Waals surface area contributed by atoms with Gasteiger partial charge in [-0.15, -0.1) is 0 Å². The standard InChI is InChI=1S/C65H127NO5/c1-3-5-7-9-11-13-15-17-19-21-26-29-33-37-41-45-49-53-57-63(68)62(61-67)66-64(69)58-54-50-46-42-38-34-30-27-23-22-24-28-32-36-40-44-48-52-56-60-71-65(70)59-55-51-47-43-39-35-31-25-20-18-16-14-12-10-8-6-4-2/h53,57,62-63,67-68H,3-52,54-56,58-61H2,1-2H3,(H,66,69)/b57-53+. The van der Waals surface area contributed by atoms with E-state index >= 15 is 0 Å². The lowest BCUT2D eigenvalue weighted by Crippen LogP contribution is -2.45. The molecule has 0 aliphatic heterocycles. The summed E-state index contributed by atoms with van der Waals surface area (Å²) in [5.74, 6) is -0.0541. The highest BCUT2D eigenvalue weighted by Crippen LogP contribution is 2.18. The highest BCUT2D eigenvalue weighted by atomic mass is 16.5. The minimum absolute atomic E-state index is 0.0132. The molecule has 0 heterocycles. The van der Waals surface area contributed by atoms with Crippen LogP contribution in [0.25, 0.3) is 0 Å². The van der Waals surface area contributed by atoms with E-state index < -0.39 is 12.1 Å². The molecule has 0 aromatic heterocycles. The maximum absolute atomic E-state index is 12.5. The van der Waals surface area contributed by atoms with Crippen molar-refractivity contribution in [3.05, 3.63) is 12.2 Å². The largest absolute Gasteiger partial charge is 0.466 e. The number of aliphatic hydroxyl groups excluding tert-OH is 2. The average molecular weight is 1000 g/mol. The zero-order valence-electron chi connectivity index (χ0n) is 48.2. The fourth-order valence-corrected chi connectivity index (χ4v) is 10.3. The zero-order valence-corrected chi connectivity index (χ0v) is 48.2. The lowest BCUT2D eigenvalue weighted by Gasteiger charge is -2.20. The van der Waals surface area contributed by atoms with E-state index in [1.807, 2.05) is 6.08 Å². The molecule has 0 bridgehead atoms. The lowest BCUT2D eigenvalue weighted by molar-refractivity contribution is -0.143. The molecule has 0 aliphatic carbocycles. The summed E-state index contributed by atoms with van der Waals surface area (Å²) in [4.78, 5) is 24.6. The summed E-state index contributed by atoms with van der Waals surface area (Å²) in [6.07, 6.45) is 74.0. The molecule has 0 rings (SSSR count). The highest BCUT2D eigenvalue weighted by Gasteiger charge is 2.18. The van der Waals surface area contributed by atoms with Crippen LogP contribution in [0.4, 0.5) is 0 Å². The number of hydrogen-bond donors (Lipinski definition) is 3. The topological polar surface area (TPSA) is 95.9 Å². The fraction of sp³-hybridized carbons (Fsp3) is 0.938. The van der Waals surface area contributed by atoms with Crippen LogP contribution in [0.5, 0.6) is 0 Å². The van der Waals surface area contributed by atoms with Gasteiger partial charge in [-0.3, -0.25) is 9.59 Å². The number of amides is 1. The number of aliphatic hydroxyl groups is 2. The monoisotopic (exact) mass is 1000 g/mol. The van der Waals surface area contributed by atoms with E-state index in [0.29, 0.717) is 19.4 Å². The van der Waals surface area contributed by atoms with Crippen molar-refractivity contribution in [2.75, 3.05) is 13.2 Å². The molecule has 0 aromatic rings. The Bertz CT molecular complexity index is 1060. The fourth-order valence-electron chi connectivity index (χ4n) is 10.3. The Kier molecular flexibility index (Phi) is 59.9. The van der Waals surface area contributed by atoms with Crippen molar-refractivity contribution < 1.29 is 24.5 Å². The first kappa shape index (κ1) is 69.6. The van der Waals surface area contributed by atoms with E-state index in [1.165, 1.54) is 302 Å². The van der Waals surface area contributed by atoms with Gasteiger partial charge in [0.1, 0.15) is 0 Å². The van der Waals surface area contributed by atoms with Crippen LogP contribution >= 0.6 is 0 Å². The summed E-state index contributed by atoms with van der Waals surface area (Å²) in [5.41, 5.74) is 0. The molecule has 6 heteroatoms. The number of esters is 1. The van der Waals surface area contributed by atoms with Gasteiger partial charge in [0.25, 0.3) is 0 Å². The summed E-state index contributed by atoms with van der Waals surface area (Å²) in [6, 6.07) is -0.630. The maximum Gasteiger partial charge on any atom is 0.305 e. The van der Waals surface area contributed by atoms with Crippen molar-refractivity contribution in [3.8, 4) is 0 Å². The Morgan fingerprint density at radius 2 is 0.648 bits per heavy atom. The third-order valence-electron chi connectivity index (χ3n) is 15.3. The Balaban J connectivity index is 3.40. The van der Waals surface area contributed by atoms with E-state index in [9.17, 15) is 19.8 Å². The summed E-state index contributed by atoms with van der Waals surface area (Å²) in [6.45, 7) is 4.94. The summed E-state index contributed by atoms with van der Waals surface area (Å²) >= 11 is 0. The molecule has 6 nitrogen and oxygen atoms in total. The van der Waals surface area contributed by atoms with Gasteiger partial charge >= 0.3 is 5.97 Å². The van der Waals surface area contributed by atoms with E-state index in [-0.39, 0.29) is 18.5 Å². The number of carbonyl (C=O) groups is 2. The van der Waals surface area contributed by atoms with Gasteiger partial charge in [-0.25, -0.2) is 0 Å². The van der Waals surface area contributed by atoms with Crippen LogP contribution in [0.3, 0.4) is 0 Å². The molecule has 0 fully saturated rings. The number of carbonyl (C=O) groups excluding carboxylic acids is 2. The van der Waals surface area contributed by atoms with E-state index in [0.717, 1.165) is 38.5 Å². The number of rotatable bonds is 61. The number of ether oxygens (including phenoxy) is 1. The quantitative estimate of drug-likeness (QED) is 0.0320. The molecular formula is C65H127NO5. The van der Waals surface area contributed by atoms with Crippen molar-refractivity contribution in [2.45, 2.75) is 379 Å². The Hall–Kier alpha value is -1.40. The first-order valence-electron chi connectivity index (χ1n) is 32.5. The van der Waals surface area contributed by atoms with Crippen LogP contribution in [0.15, 0.2) is 12.2 Å². The van der Waals surface area contributed by atoms with Crippen molar-refractivity contribution in [1.82, 2.24) is 5.32 Å². The minimum atomic E-state index is -0.846. The molecule has 0 spiro atoms. The molecule has 422 valence electrons. The van der Waals surface area contributed by atoms with E-state index in [1.54, 1.807) is 6.08 Å². The number of nitrogens with one attached hydrogen (secondary N) is 1. The maximum atomic E-state index is 12.5. The third kappa shape index (κ3) is 57.7. The minimum Gasteiger partial charge on any atom is -0.466 e. The molecule has 2 atom stereocenters. The Morgan fingerprint density at radius 3 is 0.958 bits per heavy atom. The molecule has 3 N–H and O–H groups in total. The van der Waals surface area contributed by atoms with Crippen LogP contribution in [0.1, 0.15) is 367 Å². The van der Waals surface area contributed by atoms with Gasteiger partial charge in [-0.05, 0) is 32.1 Å². The molecule has 0 radical (unpaired) electrons. The molecule has 0 saturated carbocycles. The van der Waals surface area contributed by atoms with Crippen molar-refractivity contribution >= 4 is 11.9 Å². The van der Waals surface area contributed by atoms with Crippen LogP contribution in [-0.2, 0) is 14.3 Å². The van der Waals surface area contributed by atoms with Crippen LogP contribution in [0, 0.1) is 0 Å². The number of allylic oxidation sites excluding steroid dienone is 1. The predicted octanol–water partition coefficient (Wildman–Crippen LogP) is 20.4. The van der Waals surface area contributed by atoms with Gasteiger partial charge in [0, 0.05) is 12.8 Å². The first-order chi connectivity index (χ1) is 35.0. The second-order valence-corrected chi connectivity index (χ2v) is 22.5. The molecule has 0 aliphatic rings. The van der Waals surface area contributed by atoms with Crippen molar-refractivity contribution in [2.24, 2.45) is 0 Å². The Morgan fingerprint density at radius 1 is 0.380 bits per heavy atom. The second-order valence-electron chi connectivity index (χ2n) is 22.5. The van der Waals surface area contributed by atoms with Gasteiger partial charge < -0.3 is 20.3 Å². The summed E-state index contributed by atoms with van der Waals surface area (Å²) < 4.78 is 5.50. The van der Waals surface area contributed by atoms with E-state index in [4.69, 9.17) is 4.74 Å². The SMILES string of the molecule is CCCCCCCCCCCCCCCCCC/C=C/C(O)C(CO)NC(=O)CCCCCCCCCCCCCCCCCCCCCOC(=O)CCCCCCCCCCCCCCCCCCC. The van der Waals surface area contributed by atoms with E-state index in [2.05, 4.69) is 19.2 Å². The zero-order chi connectivity index (χ0) is 51.4. The lowest BCUT2D eigenvalue weighted by atomic mass is 10.0.